The first-order valence-electron chi connectivity index (χ1n) is 9.67. The third-order valence-corrected chi connectivity index (χ3v) is 5.33. The Bertz CT molecular complexity index is 1100. The van der Waals surface area contributed by atoms with E-state index in [1.165, 1.54) is 17.2 Å². The van der Waals surface area contributed by atoms with Crippen LogP contribution in [0.4, 0.5) is 5.82 Å². The number of furan rings is 1. The van der Waals surface area contributed by atoms with E-state index in [4.69, 9.17) is 8.94 Å². The lowest BCUT2D eigenvalue weighted by atomic mass is 9.84. The topological polar surface area (TPSA) is 93.6 Å². The molecule has 2 unspecified atom stereocenters. The second-order valence-corrected chi connectivity index (χ2v) is 8.47. The summed E-state index contributed by atoms with van der Waals surface area (Å²) in [6.45, 7) is 7.98. The summed E-state index contributed by atoms with van der Waals surface area (Å²) in [6, 6.07) is 11.4. The fourth-order valence-electron chi connectivity index (χ4n) is 3.74. The van der Waals surface area contributed by atoms with E-state index in [-0.39, 0.29) is 17.0 Å². The molecule has 7 nitrogen and oxygen atoms in total. The van der Waals surface area contributed by atoms with Gasteiger partial charge in [-0.2, -0.15) is 0 Å². The second-order valence-electron chi connectivity index (χ2n) is 8.47. The van der Waals surface area contributed by atoms with E-state index in [0.717, 1.165) is 5.56 Å². The van der Waals surface area contributed by atoms with Crippen molar-refractivity contribution >= 4 is 23.3 Å². The Morgan fingerprint density at radius 3 is 2.33 bits per heavy atom. The molecule has 154 valence electrons. The molecule has 0 N–H and O–H groups in total. The first-order chi connectivity index (χ1) is 14.2. The quantitative estimate of drug-likeness (QED) is 0.369. The fraction of sp³-hybridized carbons (Fsp3) is 0.304. The minimum absolute atomic E-state index is 0.0376. The molecule has 1 aliphatic heterocycles. The van der Waals surface area contributed by atoms with E-state index in [1.54, 1.807) is 19.1 Å². The molecule has 0 aliphatic carbocycles. The van der Waals surface area contributed by atoms with Crippen molar-refractivity contribution in [1.29, 1.82) is 0 Å². The van der Waals surface area contributed by atoms with Crippen molar-refractivity contribution in [2.24, 2.45) is 5.92 Å². The number of carbonyl (C=O) groups excluding carboxylic acids is 3. The molecule has 0 radical (unpaired) electrons. The average molecular weight is 406 g/mol. The summed E-state index contributed by atoms with van der Waals surface area (Å²) < 4.78 is 10.3. The SMILES string of the molecule is Cc1cc(N2C(=O)C(=O)C(C(=O)c3ccco3)C2c2ccc(C(C)(C)C)cc2)no1. The summed E-state index contributed by atoms with van der Waals surface area (Å²) in [7, 11) is 0. The molecule has 3 heterocycles. The van der Waals surface area contributed by atoms with E-state index in [1.807, 2.05) is 24.3 Å². The van der Waals surface area contributed by atoms with Crippen LogP contribution in [-0.4, -0.2) is 22.6 Å². The number of rotatable bonds is 4. The molecule has 1 fully saturated rings. The van der Waals surface area contributed by atoms with Gasteiger partial charge >= 0.3 is 0 Å². The molecule has 1 aliphatic rings. The van der Waals surface area contributed by atoms with Crippen LogP contribution in [0.15, 0.2) is 57.7 Å². The number of Topliss-reactive ketones (excluding diaryl/α,β-unsaturated/α-hetero) is 2. The Hall–Kier alpha value is -3.48. The first-order valence-corrected chi connectivity index (χ1v) is 9.67. The highest BCUT2D eigenvalue weighted by Gasteiger charge is 2.53. The van der Waals surface area contributed by atoms with Gasteiger partial charge in [0, 0.05) is 6.07 Å². The summed E-state index contributed by atoms with van der Waals surface area (Å²) in [5.74, 6) is -2.62. The van der Waals surface area contributed by atoms with Crippen LogP contribution in [0.1, 0.15) is 54.3 Å². The summed E-state index contributed by atoms with van der Waals surface area (Å²) in [4.78, 5) is 40.2. The molecule has 0 bridgehead atoms. The molecular formula is C23H22N2O5. The summed E-state index contributed by atoms with van der Waals surface area (Å²) in [5.41, 5.74) is 1.69. The van der Waals surface area contributed by atoms with Crippen LogP contribution in [0, 0.1) is 12.8 Å². The van der Waals surface area contributed by atoms with Crippen molar-refractivity contribution in [1.82, 2.24) is 5.16 Å². The number of carbonyl (C=O) groups is 3. The Morgan fingerprint density at radius 2 is 1.80 bits per heavy atom. The Kier molecular flexibility index (Phi) is 4.68. The van der Waals surface area contributed by atoms with Gasteiger partial charge in [-0.1, -0.05) is 50.2 Å². The van der Waals surface area contributed by atoms with Crippen molar-refractivity contribution in [3.63, 3.8) is 0 Å². The molecule has 7 heteroatoms. The molecule has 3 aromatic rings. The van der Waals surface area contributed by atoms with Crippen molar-refractivity contribution in [3.8, 4) is 0 Å². The van der Waals surface area contributed by atoms with E-state index in [9.17, 15) is 14.4 Å². The standard InChI is InChI=1S/C23H22N2O5/c1-13-12-17(24-30-13)25-19(14-7-9-15(10-8-14)23(2,3)4)18(21(27)22(25)28)20(26)16-6-5-11-29-16/h5-12,18-19H,1-4H3. The van der Waals surface area contributed by atoms with Crippen molar-refractivity contribution in [3.05, 3.63) is 71.4 Å². The van der Waals surface area contributed by atoms with Crippen molar-refractivity contribution in [2.45, 2.75) is 39.2 Å². The zero-order valence-corrected chi connectivity index (χ0v) is 17.2. The zero-order chi connectivity index (χ0) is 21.6. The molecule has 2 aromatic heterocycles. The van der Waals surface area contributed by atoms with E-state index in [0.29, 0.717) is 11.3 Å². The minimum atomic E-state index is -1.24. The molecule has 2 atom stereocenters. The van der Waals surface area contributed by atoms with Gasteiger partial charge in [-0.15, -0.1) is 0 Å². The van der Waals surface area contributed by atoms with E-state index < -0.39 is 29.4 Å². The van der Waals surface area contributed by atoms with Crippen LogP contribution in [0.3, 0.4) is 0 Å². The Balaban J connectivity index is 1.83. The van der Waals surface area contributed by atoms with E-state index >= 15 is 0 Å². The highest BCUT2D eigenvalue weighted by molar-refractivity contribution is 6.48. The number of amides is 1. The summed E-state index contributed by atoms with van der Waals surface area (Å²) in [5, 5.41) is 3.91. The number of anilines is 1. The predicted molar refractivity (Wildman–Crippen MR) is 108 cm³/mol. The minimum Gasteiger partial charge on any atom is -0.461 e. The van der Waals surface area contributed by atoms with Crippen LogP contribution in [0.5, 0.6) is 0 Å². The third kappa shape index (κ3) is 3.26. The van der Waals surface area contributed by atoms with Crippen LogP contribution in [0.2, 0.25) is 0 Å². The molecular weight excluding hydrogens is 384 g/mol. The fourth-order valence-corrected chi connectivity index (χ4v) is 3.74. The van der Waals surface area contributed by atoms with Gasteiger partial charge in [0.1, 0.15) is 11.7 Å². The van der Waals surface area contributed by atoms with Crippen LogP contribution >= 0.6 is 0 Å². The maximum atomic E-state index is 13.1. The average Bonchev–Trinajstić information content (AvgIpc) is 3.42. The number of ketones is 2. The smallest absolute Gasteiger partial charge is 0.297 e. The highest BCUT2D eigenvalue weighted by atomic mass is 16.5. The third-order valence-electron chi connectivity index (χ3n) is 5.33. The van der Waals surface area contributed by atoms with E-state index in [2.05, 4.69) is 25.9 Å². The first kappa shape index (κ1) is 19.8. The summed E-state index contributed by atoms with van der Waals surface area (Å²) in [6.07, 6.45) is 1.36. The Morgan fingerprint density at radius 1 is 1.10 bits per heavy atom. The van der Waals surface area contributed by atoms with Gasteiger partial charge in [0.2, 0.25) is 11.6 Å². The van der Waals surface area contributed by atoms with Gasteiger partial charge in [0.15, 0.2) is 11.6 Å². The number of hydrogen-bond donors (Lipinski definition) is 0. The number of nitrogens with zero attached hydrogens (tertiary/aromatic N) is 2. The van der Waals surface area contributed by atoms with Crippen LogP contribution < -0.4 is 4.90 Å². The molecule has 30 heavy (non-hydrogen) atoms. The largest absolute Gasteiger partial charge is 0.461 e. The number of benzene rings is 1. The molecule has 0 saturated carbocycles. The zero-order valence-electron chi connectivity index (χ0n) is 17.2. The molecule has 1 amide bonds. The molecule has 0 spiro atoms. The van der Waals surface area contributed by atoms with Crippen LogP contribution in [0.25, 0.3) is 0 Å². The van der Waals surface area contributed by atoms with Crippen LogP contribution in [-0.2, 0) is 15.0 Å². The highest BCUT2D eigenvalue weighted by Crippen LogP contribution is 2.41. The number of aromatic nitrogens is 1. The lowest BCUT2D eigenvalue weighted by Crippen LogP contribution is -2.31. The number of hydrogen-bond acceptors (Lipinski definition) is 6. The monoisotopic (exact) mass is 406 g/mol. The van der Waals surface area contributed by atoms with Gasteiger partial charge < -0.3 is 8.94 Å². The second kappa shape index (κ2) is 7.09. The number of aryl methyl sites for hydroxylation is 1. The van der Waals surface area contributed by atoms with Gasteiger partial charge in [-0.3, -0.25) is 19.3 Å². The maximum Gasteiger partial charge on any atom is 0.297 e. The van der Waals surface area contributed by atoms with Gasteiger partial charge in [0.05, 0.1) is 12.3 Å². The normalized spacial score (nSPS) is 19.5. The van der Waals surface area contributed by atoms with Gasteiger partial charge in [-0.05, 0) is 35.6 Å². The lowest BCUT2D eigenvalue weighted by Gasteiger charge is -2.26. The molecule has 1 aromatic carbocycles. The lowest BCUT2D eigenvalue weighted by molar-refractivity contribution is -0.135. The Labute approximate surface area is 173 Å². The van der Waals surface area contributed by atoms with Crippen molar-refractivity contribution in [2.75, 3.05) is 4.90 Å². The molecule has 4 rings (SSSR count). The maximum absolute atomic E-state index is 13.1. The van der Waals surface area contributed by atoms with Crippen molar-refractivity contribution < 1.29 is 23.3 Å². The predicted octanol–water partition coefficient (Wildman–Crippen LogP) is 4.03. The van der Waals surface area contributed by atoms with Gasteiger partial charge in [-0.25, -0.2) is 0 Å². The summed E-state index contributed by atoms with van der Waals surface area (Å²) >= 11 is 0. The molecule has 1 saturated heterocycles. The van der Waals surface area contributed by atoms with Gasteiger partial charge in [0.25, 0.3) is 5.91 Å².